The van der Waals surface area contributed by atoms with Gasteiger partial charge in [-0.25, -0.2) is 4.79 Å². The summed E-state index contributed by atoms with van der Waals surface area (Å²) in [7, 11) is 0. The van der Waals surface area contributed by atoms with Crippen LogP contribution in [0.1, 0.15) is 46.0 Å². The lowest BCUT2D eigenvalue weighted by molar-refractivity contribution is 0.214. The molecule has 0 aliphatic carbocycles. The molecule has 1 rings (SSSR count). The molecule has 0 spiro atoms. The van der Waals surface area contributed by atoms with Crippen LogP contribution in [0.2, 0.25) is 0 Å². The van der Waals surface area contributed by atoms with E-state index in [-0.39, 0.29) is 24.1 Å². The van der Waals surface area contributed by atoms with Gasteiger partial charge in [0.15, 0.2) is 0 Å². The summed E-state index contributed by atoms with van der Waals surface area (Å²) in [6.07, 6.45) is 0.729. The summed E-state index contributed by atoms with van der Waals surface area (Å²) in [4.78, 5) is 11.8. The molecule has 1 heterocycles. The fourth-order valence-electron chi connectivity index (χ4n) is 1.64. The molecule has 7 heteroatoms. The average molecular weight is 300 g/mol. The van der Waals surface area contributed by atoms with Gasteiger partial charge in [0, 0.05) is 5.41 Å². The van der Waals surface area contributed by atoms with Crippen molar-refractivity contribution in [2.45, 2.75) is 52.5 Å². The van der Waals surface area contributed by atoms with Crippen LogP contribution in [-0.4, -0.2) is 34.0 Å². The topological polar surface area (TPSA) is 87.1 Å². The third kappa shape index (κ3) is 5.42. The lowest BCUT2D eigenvalue weighted by atomic mass is 9.98. The highest BCUT2D eigenvalue weighted by atomic mass is 32.1. The van der Waals surface area contributed by atoms with Gasteiger partial charge in [-0.15, -0.1) is 10.2 Å². The Morgan fingerprint density at radius 3 is 2.45 bits per heavy atom. The van der Waals surface area contributed by atoms with E-state index in [4.69, 9.17) is 0 Å². The van der Waals surface area contributed by atoms with Crippen molar-refractivity contribution in [3.05, 3.63) is 5.01 Å². The van der Waals surface area contributed by atoms with Crippen molar-refractivity contribution >= 4 is 22.5 Å². The zero-order valence-corrected chi connectivity index (χ0v) is 13.5. The van der Waals surface area contributed by atoms with Gasteiger partial charge in [-0.05, 0) is 12.3 Å². The molecule has 0 aliphatic heterocycles. The number of rotatable bonds is 5. The van der Waals surface area contributed by atoms with E-state index in [2.05, 4.69) is 20.8 Å². The van der Waals surface area contributed by atoms with Crippen molar-refractivity contribution in [1.29, 1.82) is 0 Å². The van der Waals surface area contributed by atoms with E-state index in [1.165, 1.54) is 11.3 Å². The Morgan fingerprint density at radius 2 is 2.00 bits per heavy atom. The largest absolute Gasteiger partial charge is 0.394 e. The highest BCUT2D eigenvalue weighted by Crippen LogP contribution is 2.27. The van der Waals surface area contributed by atoms with Gasteiger partial charge in [-0.3, -0.25) is 5.32 Å². The van der Waals surface area contributed by atoms with E-state index in [0.717, 1.165) is 11.4 Å². The molecule has 2 amide bonds. The summed E-state index contributed by atoms with van der Waals surface area (Å²) in [5.74, 6) is 0.404. The van der Waals surface area contributed by atoms with Crippen LogP contribution in [0.25, 0.3) is 0 Å². The first kappa shape index (κ1) is 16.8. The number of hydrogen-bond donors (Lipinski definition) is 3. The lowest BCUT2D eigenvalue weighted by Crippen LogP contribution is -2.40. The number of amides is 2. The molecule has 20 heavy (non-hydrogen) atoms. The van der Waals surface area contributed by atoms with Crippen molar-refractivity contribution in [2.24, 2.45) is 5.92 Å². The van der Waals surface area contributed by atoms with Gasteiger partial charge < -0.3 is 10.4 Å². The van der Waals surface area contributed by atoms with Gasteiger partial charge in [0.05, 0.1) is 12.6 Å². The van der Waals surface area contributed by atoms with Crippen LogP contribution in [0.4, 0.5) is 9.93 Å². The molecule has 6 nitrogen and oxygen atoms in total. The Balaban J connectivity index is 2.55. The number of aliphatic hydroxyl groups is 1. The minimum absolute atomic E-state index is 0.0744. The molecule has 0 bridgehead atoms. The summed E-state index contributed by atoms with van der Waals surface area (Å²) in [5, 5.41) is 24.0. The molecule has 114 valence electrons. The van der Waals surface area contributed by atoms with E-state index in [0.29, 0.717) is 11.0 Å². The second-order valence-electron chi connectivity index (χ2n) is 6.27. The fourth-order valence-corrected chi connectivity index (χ4v) is 2.44. The van der Waals surface area contributed by atoms with Crippen LogP contribution in [0.15, 0.2) is 0 Å². The monoisotopic (exact) mass is 300 g/mol. The third-order valence-corrected chi connectivity index (χ3v) is 3.86. The zero-order chi connectivity index (χ0) is 15.3. The van der Waals surface area contributed by atoms with E-state index in [1.54, 1.807) is 0 Å². The first-order valence-corrected chi connectivity index (χ1v) is 7.56. The maximum absolute atomic E-state index is 11.8. The zero-order valence-electron chi connectivity index (χ0n) is 12.7. The van der Waals surface area contributed by atoms with Gasteiger partial charge in [0.25, 0.3) is 0 Å². The maximum atomic E-state index is 11.8. The molecule has 0 radical (unpaired) electrons. The van der Waals surface area contributed by atoms with Crippen LogP contribution in [0, 0.1) is 5.92 Å². The van der Waals surface area contributed by atoms with Gasteiger partial charge >= 0.3 is 6.03 Å². The fraction of sp³-hybridized carbons (Fsp3) is 0.769. The maximum Gasteiger partial charge on any atom is 0.321 e. The smallest absolute Gasteiger partial charge is 0.321 e. The minimum atomic E-state index is -0.360. The van der Waals surface area contributed by atoms with Crippen molar-refractivity contribution < 1.29 is 9.90 Å². The van der Waals surface area contributed by atoms with Gasteiger partial charge in [0.2, 0.25) is 5.13 Å². The molecule has 1 aromatic rings. The predicted molar refractivity (Wildman–Crippen MR) is 81.1 cm³/mol. The third-order valence-electron chi connectivity index (χ3n) is 2.60. The average Bonchev–Trinajstić information content (AvgIpc) is 2.75. The standard InChI is InChI=1S/C13H24N4O2S/c1-8(2)6-9(7-18)14-11(19)15-12-17-16-10(20-12)13(3,4)5/h8-9,18H,6-7H2,1-5H3,(H2,14,15,17,19). The number of anilines is 1. The Bertz CT molecular complexity index is 440. The Labute approximate surface area is 124 Å². The van der Waals surface area contributed by atoms with E-state index in [1.807, 2.05) is 34.6 Å². The molecule has 3 N–H and O–H groups in total. The normalized spacial score (nSPS) is 13.3. The highest BCUT2D eigenvalue weighted by molar-refractivity contribution is 7.15. The number of hydrogen-bond acceptors (Lipinski definition) is 5. The summed E-state index contributed by atoms with van der Waals surface area (Å²) in [5.41, 5.74) is -0.0840. The Hall–Kier alpha value is -1.21. The molecule has 0 aromatic carbocycles. The molecular weight excluding hydrogens is 276 g/mol. The first-order valence-electron chi connectivity index (χ1n) is 6.74. The van der Waals surface area contributed by atoms with Gasteiger partial charge in [0.1, 0.15) is 5.01 Å². The van der Waals surface area contributed by atoms with Crippen molar-refractivity contribution in [3.63, 3.8) is 0 Å². The first-order chi connectivity index (χ1) is 9.22. The molecular formula is C13H24N4O2S. The number of carbonyl (C=O) groups excluding carboxylic acids is 1. The van der Waals surface area contributed by atoms with Crippen LogP contribution >= 0.6 is 11.3 Å². The summed E-state index contributed by atoms with van der Waals surface area (Å²) in [6, 6.07) is -0.605. The number of urea groups is 1. The van der Waals surface area contributed by atoms with Gasteiger partial charge in [-0.1, -0.05) is 46.0 Å². The molecule has 1 aromatic heterocycles. The highest BCUT2D eigenvalue weighted by Gasteiger charge is 2.20. The lowest BCUT2D eigenvalue weighted by Gasteiger charge is -2.17. The summed E-state index contributed by atoms with van der Waals surface area (Å²) >= 11 is 1.36. The Kier molecular flexibility index (Phi) is 5.88. The van der Waals surface area contributed by atoms with Crippen molar-refractivity contribution in [3.8, 4) is 0 Å². The molecule has 1 unspecified atom stereocenters. The quantitative estimate of drug-likeness (QED) is 0.779. The molecule has 0 saturated heterocycles. The second kappa shape index (κ2) is 6.99. The number of aromatic nitrogens is 2. The van der Waals surface area contributed by atoms with Crippen molar-refractivity contribution in [1.82, 2.24) is 15.5 Å². The van der Waals surface area contributed by atoms with Crippen LogP contribution in [0.5, 0.6) is 0 Å². The molecule has 1 atom stereocenters. The van der Waals surface area contributed by atoms with Crippen LogP contribution in [0.3, 0.4) is 0 Å². The predicted octanol–water partition coefficient (Wildman–Crippen LogP) is 2.36. The van der Waals surface area contributed by atoms with Crippen LogP contribution in [-0.2, 0) is 5.41 Å². The van der Waals surface area contributed by atoms with E-state index < -0.39 is 0 Å². The number of aliphatic hydroxyl groups excluding tert-OH is 1. The number of carbonyl (C=O) groups is 1. The Morgan fingerprint density at radius 1 is 1.35 bits per heavy atom. The SMILES string of the molecule is CC(C)CC(CO)NC(=O)Nc1nnc(C(C)(C)C)s1. The van der Waals surface area contributed by atoms with E-state index in [9.17, 15) is 9.90 Å². The number of nitrogens with zero attached hydrogens (tertiary/aromatic N) is 2. The van der Waals surface area contributed by atoms with Crippen LogP contribution < -0.4 is 10.6 Å². The summed E-state index contributed by atoms with van der Waals surface area (Å²) in [6.45, 7) is 10.1. The van der Waals surface area contributed by atoms with Gasteiger partial charge in [-0.2, -0.15) is 0 Å². The molecule has 0 fully saturated rings. The number of nitrogens with one attached hydrogen (secondary N) is 2. The van der Waals surface area contributed by atoms with E-state index >= 15 is 0 Å². The molecule has 0 aliphatic rings. The summed E-state index contributed by atoms with van der Waals surface area (Å²) < 4.78 is 0. The minimum Gasteiger partial charge on any atom is -0.394 e. The van der Waals surface area contributed by atoms with Crippen molar-refractivity contribution in [2.75, 3.05) is 11.9 Å². The molecule has 0 saturated carbocycles. The second-order valence-corrected chi connectivity index (χ2v) is 7.25.